The highest BCUT2D eigenvalue weighted by molar-refractivity contribution is 5.94. The third kappa shape index (κ3) is 5.55. The maximum Gasteiger partial charge on any atom is 0.253 e. The summed E-state index contributed by atoms with van der Waals surface area (Å²) in [4.78, 5) is 25.4. The second-order valence-electron chi connectivity index (χ2n) is 6.35. The van der Waals surface area contributed by atoms with Gasteiger partial charge in [0.2, 0.25) is 5.91 Å². The average molecular weight is 314 g/mol. The summed E-state index contributed by atoms with van der Waals surface area (Å²) in [5.41, 5.74) is 1.56. The van der Waals surface area contributed by atoms with Crippen molar-refractivity contribution in [2.75, 3.05) is 14.1 Å². The SMILES string of the molecule is CN(C)C(=O)c1ccc(/C=C/C(=O)NC2CCCCCC2)cc1. The smallest absolute Gasteiger partial charge is 0.253 e. The Morgan fingerprint density at radius 1 is 1.04 bits per heavy atom. The first-order valence-electron chi connectivity index (χ1n) is 8.36. The first-order valence-corrected chi connectivity index (χ1v) is 8.36. The van der Waals surface area contributed by atoms with E-state index in [1.54, 1.807) is 43.3 Å². The number of carbonyl (C=O) groups is 2. The van der Waals surface area contributed by atoms with E-state index >= 15 is 0 Å². The number of hydrogen-bond acceptors (Lipinski definition) is 2. The van der Waals surface area contributed by atoms with Crippen LogP contribution in [0.2, 0.25) is 0 Å². The quantitative estimate of drug-likeness (QED) is 0.685. The van der Waals surface area contributed by atoms with Gasteiger partial charge in [0, 0.05) is 31.8 Å². The number of carbonyl (C=O) groups excluding carboxylic acids is 2. The molecule has 0 unspecified atom stereocenters. The minimum atomic E-state index is -0.0367. The predicted molar refractivity (Wildman–Crippen MR) is 93.1 cm³/mol. The van der Waals surface area contributed by atoms with Crippen molar-refractivity contribution in [2.24, 2.45) is 0 Å². The van der Waals surface area contributed by atoms with Crippen LogP contribution in [0.4, 0.5) is 0 Å². The molecule has 0 heterocycles. The van der Waals surface area contributed by atoms with Crippen molar-refractivity contribution in [2.45, 2.75) is 44.6 Å². The number of nitrogens with zero attached hydrogens (tertiary/aromatic N) is 1. The van der Waals surface area contributed by atoms with E-state index in [1.807, 2.05) is 12.1 Å². The molecular weight excluding hydrogens is 288 g/mol. The zero-order valence-electron chi connectivity index (χ0n) is 14.0. The average Bonchev–Trinajstić information content (AvgIpc) is 2.81. The maximum absolute atomic E-state index is 12.0. The fourth-order valence-corrected chi connectivity index (χ4v) is 2.84. The van der Waals surface area contributed by atoms with Crippen molar-refractivity contribution in [1.82, 2.24) is 10.2 Å². The first-order chi connectivity index (χ1) is 11.1. The Hall–Kier alpha value is -2.10. The molecule has 0 aliphatic heterocycles. The van der Waals surface area contributed by atoms with Gasteiger partial charge in [-0.2, -0.15) is 0 Å². The molecule has 4 heteroatoms. The zero-order chi connectivity index (χ0) is 16.7. The fraction of sp³-hybridized carbons (Fsp3) is 0.474. The summed E-state index contributed by atoms with van der Waals surface area (Å²) in [5, 5.41) is 3.09. The van der Waals surface area contributed by atoms with Crippen molar-refractivity contribution in [1.29, 1.82) is 0 Å². The molecule has 0 spiro atoms. The molecule has 1 aromatic rings. The number of amides is 2. The van der Waals surface area contributed by atoms with Crippen LogP contribution in [0, 0.1) is 0 Å². The van der Waals surface area contributed by atoms with Crippen molar-refractivity contribution in [3.63, 3.8) is 0 Å². The van der Waals surface area contributed by atoms with Crippen LogP contribution in [0.5, 0.6) is 0 Å². The predicted octanol–water partition coefficient (Wildman–Crippen LogP) is 3.24. The van der Waals surface area contributed by atoms with Crippen molar-refractivity contribution >= 4 is 17.9 Å². The summed E-state index contributed by atoms with van der Waals surface area (Å²) in [7, 11) is 3.46. The molecule has 1 aromatic carbocycles. The molecule has 1 fully saturated rings. The van der Waals surface area contributed by atoms with Crippen LogP contribution in [0.3, 0.4) is 0 Å². The second kappa shape index (κ2) is 8.51. The van der Waals surface area contributed by atoms with Crippen LogP contribution in [-0.4, -0.2) is 36.9 Å². The van der Waals surface area contributed by atoms with Gasteiger partial charge >= 0.3 is 0 Å². The van der Waals surface area contributed by atoms with E-state index in [2.05, 4.69) is 5.32 Å². The van der Waals surface area contributed by atoms with Crippen molar-refractivity contribution in [3.05, 3.63) is 41.5 Å². The molecular formula is C19H26N2O2. The second-order valence-corrected chi connectivity index (χ2v) is 6.35. The summed E-state index contributed by atoms with van der Waals surface area (Å²) >= 11 is 0. The molecule has 1 aliphatic rings. The van der Waals surface area contributed by atoms with Gasteiger partial charge in [-0.25, -0.2) is 0 Å². The number of benzene rings is 1. The highest BCUT2D eigenvalue weighted by atomic mass is 16.2. The van der Waals surface area contributed by atoms with E-state index in [9.17, 15) is 9.59 Å². The Bertz CT molecular complexity index is 553. The lowest BCUT2D eigenvalue weighted by molar-refractivity contribution is -0.117. The molecule has 1 N–H and O–H groups in total. The van der Waals surface area contributed by atoms with Crippen molar-refractivity contribution in [3.8, 4) is 0 Å². The van der Waals surface area contributed by atoms with Gasteiger partial charge in [0.15, 0.2) is 0 Å². The molecule has 124 valence electrons. The highest BCUT2D eigenvalue weighted by Crippen LogP contribution is 2.17. The summed E-state index contributed by atoms with van der Waals surface area (Å²) < 4.78 is 0. The molecule has 1 aliphatic carbocycles. The minimum absolute atomic E-state index is 0.0216. The summed E-state index contributed by atoms with van der Waals surface area (Å²) in [6.45, 7) is 0. The van der Waals surface area contributed by atoms with Gasteiger partial charge in [0.1, 0.15) is 0 Å². The van der Waals surface area contributed by atoms with Crippen LogP contribution in [0.15, 0.2) is 30.3 Å². The molecule has 2 rings (SSSR count). The van der Waals surface area contributed by atoms with Crippen LogP contribution < -0.4 is 5.32 Å². The Balaban J connectivity index is 1.89. The Kier molecular flexibility index (Phi) is 6.39. The highest BCUT2D eigenvalue weighted by Gasteiger charge is 2.13. The number of hydrogen-bond donors (Lipinski definition) is 1. The largest absolute Gasteiger partial charge is 0.350 e. The molecule has 4 nitrogen and oxygen atoms in total. The Morgan fingerprint density at radius 2 is 1.65 bits per heavy atom. The minimum Gasteiger partial charge on any atom is -0.350 e. The van der Waals surface area contributed by atoms with E-state index in [0.29, 0.717) is 11.6 Å². The van der Waals surface area contributed by atoms with Gasteiger partial charge in [-0.3, -0.25) is 9.59 Å². The molecule has 0 atom stereocenters. The van der Waals surface area contributed by atoms with Crippen molar-refractivity contribution < 1.29 is 9.59 Å². The summed E-state index contributed by atoms with van der Waals surface area (Å²) in [6.07, 6.45) is 10.5. The molecule has 0 radical (unpaired) electrons. The Labute approximate surface area is 138 Å². The molecule has 2 amide bonds. The van der Waals surface area contributed by atoms with E-state index < -0.39 is 0 Å². The van der Waals surface area contributed by atoms with E-state index in [-0.39, 0.29) is 11.8 Å². The standard InChI is InChI=1S/C19H26N2O2/c1-21(2)19(23)16-12-9-15(10-13-16)11-14-18(22)20-17-7-5-3-4-6-8-17/h9-14,17H,3-8H2,1-2H3,(H,20,22)/b14-11+. The molecule has 0 bridgehead atoms. The lowest BCUT2D eigenvalue weighted by Crippen LogP contribution is -2.33. The first kappa shape index (κ1) is 17.3. The topological polar surface area (TPSA) is 49.4 Å². The number of nitrogens with one attached hydrogen (secondary N) is 1. The van der Waals surface area contributed by atoms with Gasteiger partial charge in [-0.05, 0) is 36.6 Å². The van der Waals surface area contributed by atoms with Gasteiger partial charge < -0.3 is 10.2 Å². The molecule has 0 saturated heterocycles. The molecule has 0 aromatic heterocycles. The van der Waals surface area contributed by atoms with Crippen LogP contribution >= 0.6 is 0 Å². The fourth-order valence-electron chi connectivity index (χ4n) is 2.84. The van der Waals surface area contributed by atoms with Gasteiger partial charge in [0.25, 0.3) is 5.91 Å². The Morgan fingerprint density at radius 3 is 2.22 bits per heavy atom. The summed E-state index contributed by atoms with van der Waals surface area (Å²) in [5.74, 6) is -0.0584. The monoisotopic (exact) mass is 314 g/mol. The van der Waals surface area contributed by atoms with Crippen LogP contribution in [0.1, 0.15) is 54.4 Å². The number of rotatable bonds is 4. The molecule has 23 heavy (non-hydrogen) atoms. The van der Waals surface area contributed by atoms with Gasteiger partial charge in [-0.1, -0.05) is 37.8 Å². The third-order valence-corrected chi connectivity index (χ3v) is 4.19. The maximum atomic E-state index is 12.0. The lowest BCUT2D eigenvalue weighted by atomic mass is 10.1. The van der Waals surface area contributed by atoms with E-state index in [4.69, 9.17) is 0 Å². The third-order valence-electron chi connectivity index (χ3n) is 4.19. The molecule has 1 saturated carbocycles. The van der Waals surface area contributed by atoms with Crippen LogP contribution in [-0.2, 0) is 4.79 Å². The van der Waals surface area contributed by atoms with E-state index in [0.717, 1.165) is 18.4 Å². The lowest BCUT2D eigenvalue weighted by Gasteiger charge is -2.14. The zero-order valence-corrected chi connectivity index (χ0v) is 14.0. The van der Waals surface area contributed by atoms with E-state index in [1.165, 1.54) is 25.7 Å². The van der Waals surface area contributed by atoms with Gasteiger partial charge in [0.05, 0.1) is 0 Å². The summed E-state index contributed by atoms with van der Waals surface area (Å²) in [6, 6.07) is 7.59. The van der Waals surface area contributed by atoms with Crippen LogP contribution in [0.25, 0.3) is 6.08 Å². The normalized spacial score (nSPS) is 16.1. The van der Waals surface area contributed by atoms with Gasteiger partial charge in [-0.15, -0.1) is 0 Å².